The molecule has 2 aliphatic rings. The molecule has 1 radical (unpaired) electrons. The van der Waals surface area contributed by atoms with E-state index in [-0.39, 0.29) is 26.2 Å². The fourth-order valence-electron chi connectivity index (χ4n) is 3.23. The van der Waals surface area contributed by atoms with Crippen LogP contribution in [0.4, 0.5) is 0 Å². The molecule has 0 aromatic heterocycles. The summed E-state index contributed by atoms with van der Waals surface area (Å²) in [6, 6.07) is 13.4. The summed E-state index contributed by atoms with van der Waals surface area (Å²) in [5.41, 5.74) is 6.39. The molecule has 2 heteroatoms. The van der Waals surface area contributed by atoms with Gasteiger partial charge >= 0.3 is 26.2 Å². The summed E-state index contributed by atoms with van der Waals surface area (Å²) in [7, 11) is 0.750. The monoisotopic (exact) mass is 387 g/mol. The van der Waals surface area contributed by atoms with Gasteiger partial charge in [-0.25, -0.2) is 12.1 Å². The molecule has 0 heterocycles. The van der Waals surface area contributed by atoms with Gasteiger partial charge in [0.05, 0.1) is 0 Å². The molecule has 117 valence electrons. The Balaban J connectivity index is 0.000000181. The predicted molar refractivity (Wildman–Crippen MR) is 96.2 cm³/mol. The van der Waals surface area contributed by atoms with Crippen LogP contribution in [0.5, 0.6) is 0 Å². The minimum atomic E-state index is 0. The van der Waals surface area contributed by atoms with Crippen molar-refractivity contribution in [1.82, 2.24) is 0 Å². The van der Waals surface area contributed by atoms with E-state index < -0.39 is 0 Å². The molecule has 0 bridgehead atoms. The number of aryl methyl sites for hydroxylation is 4. The van der Waals surface area contributed by atoms with Crippen molar-refractivity contribution in [1.29, 1.82) is 0 Å². The molecule has 22 heavy (non-hydrogen) atoms. The van der Waals surface area contributed by atoms with Crippen LogP contribution in [0.25, 0.3) is 0 Å². The van der Waals surface area contributed by atoms with Crippen LogP contribution >= 0.6 is 0 Å². The average Bonchev–Trinajstić information content (AvgIpc) is 3.17. The molecule has 0 saturated carbocycles. The third-order valence-electron chi connectivity index (χ3n) is 4.30. The first-order valence-corrected chi connectivity index (χ1v) is 10.9. The van der Waals surface area contributed by atoms with Crippen LogP contribution in [-0.4, -0.2) is 9.52 Å². The van der Waals surface area contributed by atoms with Gasteiger partial charge in [-0.05, 0) is 0 Å². The minimum absolute atomic E-state index is 0. The normalized spacial score (nSPS) is 15.0. The van der Waals surface area contributed by atoms with E-state index in [1.165, 1.54) is 51.4 Å². The maximum absolute atomic E-state index is 2.26. The van der Waals surface area contributed by atoms with Crippen LogP contribution in [0.1, 0.15) is 47.9 Å². The van der Waals surface area contributed by atoms with Gasteiger partial charge in [0.1, 0.15) is 0 Å². The van der Waals surface area contributed by atoms with E-state index in [0.29, 0.717) is 0 Å². The summed E-state index contributed by atoms with van der Waals surface area (Å²) in [4.78, 5) is 0. The van der Waals surface area contributed by atoms with Crippen LogP contribution in [0, 0.1) is 0 Å². The Hall–Kier alpha value is -0.200. The van der Waals surface area contributed by atoms with E-state index in [1.807, 2.05) is 0 Å². The van der Waals surface area contributed by atoms with Crippen molar-refractivity contribution in [2.45, 2.75) is 64.5 Å². The molecule has 0 amide bonds. The van der Waals surface area contributed by atoms with Gasteiger partial charge in [0, 0.05) is 9.52 Å². The number of hydrogen-bond acceptors (Lipinski definition) is 0. The number of rotatable bonds is 0. The van der Waals surface area contributed by atoms with Crippen LogP contribution in [-0.2, 0) is 51.9 Å². The standard InChI is InChI=1S/2C9H11.C2H7Si.Zr/c2*1-2-5-9-7-3-6-8(9)4-1;1-3-2;/h2*3,6-7H,1-2,4-5H2;3H,1-2H3;/q2*-1;;+2. The van der Waals surface area contributed by atoms with Gasteiger partial charge in [0.2, 0.25) is 0 Å². The molecule has 2 aromatic carbocycles. The first kappa shape index (κ1) is 19.8. The maximum Gasteiger partial charge on any atom is 2.00 e. The Kier molecular flexibility index (Phi) is 10.2. The summed E-state index contributed by atoms with van der Waals surface area (Å²) in [5, 5.41) is 0. The van der Waals surface area contributed by atoms with Crippen molar-refractivity contribution in [3.05, 3.63) is 58.7 Å². The maximum atomic E-state index is 2.26. The molecule has 2 aliphatic carbocycles. The van der Waals surface area contributed by atoms with E-state index in [2.05, 4.69) is 49.5 Å². The Morgan fingerprint density at radius 1 is 0.727 bits per heavy atom. The summed E-state index contributed by atoms with van der Waals surface area (Å²) >= 11 is 0. The zero-order valence-corrected chi connectivity index (χ0v) is 17.8. The number of hydrogen-bond donors (Lipinski definition) is 0. The summed E-state index contributed by atoms with van der Waals surface area (Å²) in [6.45, 7) is 4.42. The molecule has 0 nitrogen and oxygen atoms in total. The fraction of sp³-hybridized carbons (Fsp3) is 0.500. The van der Waals surface area contributed by atoms with Crippen molar-refractivity contribution in [3.8, 4) is 0 Å². The molecule has 0 aliphatic heterocycles. The minimum Gasteiger partial charge on any atom is -0.210 e. The van der Waals surface area contributed by atoms with E-state index in [1.54, 1.807) is 22.3 Å². The quantitative estimate of drug-likeness (QED) is 0.436. The summed E-state index contributed by atoms with van der Waals surface area (Å²) in [5.74, 6) is 0. The zero-order chi connectivity index (χ0) is 14.9. The third-order valence-corrected chi connectivity index (χ3v) is 4.30. The van der Waals surface area contributed by atoms with Crippen molar-refractivity contribution in [2.75, 3.05) is 0 Å². The predicted octanol–water partition coefficient (Wildman–Crippen LogP) is 5.09. The third kappa shape index (κ3) is 6.13. The van der Waals surface area contributed by atoms with Gasteiger partial charge < -0.3 is 0 Å². The smallest absolute Gasteiger partial charge is 0.210 e. The van der Waals surface area contributed by atoms with Crippen molar-refractivity contribution in [2.24, 2.45) is 0 Å². The second-order valence-corrected chi connectivity index (χ2v) is 7.30. The molecule has 0 fully saturated rings. The average molecular weight is 389 g/mol. The first-order valence-electron chi connectivity index (χ1n) is 8.56. The zero-order valence-electron chi connectivity index (χ0n) is 14.2. The molecular formula is C20H29SiZr. The van der Waals surface area contributed by atoms with Crippen molar-refractivity contribution < 1.29 is 26.2 Å². The van der Waals surface area contributed by atoms with E-state index in [4.69, 9.17) is 0 Å². The summed E-state index contributed by atoms with van der Waals surface area (Å²) < 4.78 is 0. The molecule has 0 spiro atoms. The second kappa shape index (κ2) is 11.4. The van der Waals surface area contributed by atoms with Crippen molar-refractivity contribution >= 4 is 9.52 Å². The van der Waals surface area contributed by atoms with Crippen LogP contribution < -0.4 is 0 Å². The van der Waals surface area contributed by atoms with E-state index in [0.717, 1.165) is 9.52 Å². The molecule has 0 atom stereocenters. The Morgan fingerprint density at radius 3 is 1.45 bits per heavy atom. The van der Waals surface area contributed by atoms with Gasteiger partial charge in [0.25, 0.3) is 0 Å². The van der Waals surface area contributed by atoms with Crippen LogP contribution in [0.15, 0.2) is 36.4 Å². The van der Waals surface area contributed by atoms with Gasteiger partial charge in [-0.1, -0.05) is 64.5 Å². The van der Waals surface area contributed by atoms with Crippen molar-refractivity contribution in [3.63, 3.8) is 0 Å². The molecular weight excluding hydrogens is 360 g/mol. The van der Waals surface area contributed by atoms with Gasteiger partial charge in [-0.3, -0.25) is 0 Å². The molecule has 0 N–H and O–H groups in total. The van der Waals surface area contributed by atoms with Crippen LogP contribution in [0.3, 0.4) is 0 Å². The topological polar surface area (TPSA) is 0 Å². The largest absolute Gasteiger partial charge is 2.00 e. The SMILES string of the molecule is C[SiH]C.[Zr+2].c1cc2c([cH-]1)CCCC2.c1cc2c([cH-]1)CCCC2. The van der Waals surface area contributed by atoms with E-state index in [9.17, 15) is 0 Å². The first-order chi connectivity index (χ1) is 10.3. The molecule has 4 rings (SSSR count). The second-order valence-electron chi connectivity index (χ2n) is 6.14. The fourth-order valence-corrected chi connectivity index (χ4v) is 3.23. The van der Waals surface area contributed by atoms with Gasteiger partial charge in [0.15, 0.2) is 0 Å². The van der Waals surface area contributed by atoms with Gasteiger partial charge in [-0.15, -0.1) is 0 Å². The molecule has 0 saturated heterocycles. The van der Waals surface area contributed by atoms with E-state index >= 15 is 0 Å². The number of fused-ring (bicyclic) bond motifs is 2. The Bertz CT molecular complexity index is 422. The molecule has 2 aromatic rings. The molecule has 0 unspecified atom stereocenters. The van der Waals surface area contributed by atoms with Crippen LogP contribution in [0.2, 0.25) is 13.1 Å². The Morgan fingerprint density at radius 2 is 1.09 bits per heavy atom. The Labute approximate surface area is 158 Å². The summed E-state index contributed by atoms with van der Waals surface area (Å²) in [6.07, 6.45) is 10.9. The van der Waals surface area contributed by atoms with Gasteiger partial charge in [-0.2, -0.15) is 46.5 Å².